The van der Waals surface area contributed by atoms with E-state index in [0.29, 0.717) is 36.7 Å². The fourth-order valence-corrected chi connectivity index (χ4v) is 4.33. The van der Waals surface area contributed by atoms with Gasteiger partial charge in [-0.15, -0.1) is 5.10 Å². The average molecular weight is 361 g/mol. The summed E-state index contributed by atoms with van der Waals surface area (Å²) < 4.78 is 32.9. The van der Waals surface area contributed by atoms with Gasteiger partial charge in [-0.25, -0.2) is 8.42 Å². The van der Waals surface area contributed by atoms with Crippen molar-refractivity contribution in [3.63, 3.8) is 0 Å². The molecule has 0 atom stereocenters. The molecule has 134 valence electrons. The number of nitrogens with zero attached hydrogens (tertiary/aromatic N) is 3. The first kappa shape index (κ1) is 17.8. The maximum Gasteiger partial charge on any atom is 0.243 e. The average Bonchev–Trinajstić information content (AvgIpc) is 2.64. The quantitative estimate of drug-likeness (QED) is 0.818. The SMILES string of the molecule is CCc1ccc(S(=O)(=O)N2CCC(Oc3ccc(C)nn3)CC2)cc1. The van der Waals surface area contributed by atoms with Gasteiger partial charge in [-0.05, 0) is 49.9 Å². The lowest BCUT2D eigenvalue weighted by Crippen LogP contribution is -2.41. The van der Waals surface area contributed by atoms with Crippen molar-refractivity contribution < 1.29 is 13.2 Å². The van der Waals surface area contributed by atoms with Crippen molar-refractivity contribution in [2.45, 2.75) is 44.1 Å². The minimum Gasteiger partial charge on any atom is -0.473 e. The number of benzene rings is 1. The Balaban J connectivity index is 1.61. The second kappa shape index (κ2) is 7.49. The van der Waals surface area contributed by atoms with E-state index in [1.807, 2.05) is 32.0 Å². The number of ether oxygens (including phenoxy) is 1. The van der Waals surface area contributed by atoms with Crippen LogP contribution in [-0.2, 0) is 16.4 Å². The number of hydrogen-bond donors (Lipinski definition) is 0. The van der Waals surface area contributed by atoms with E-state index in [4.69, 9.17) is 4.74 Å². The highest BCUT2D eigenvalue weighted by molar-refractivity contribution is 7.89. The lowest BCUT2D eigenvalue weighted by Gasteiger charge is -2.31. The third-order valence-electron chi connectivity index (χ3n) is 4.43. The van der Waals surface area contributed by atoms with Gasteiger partial charge in [0.2, 0.25) is 15.9 Å². The fraction of sp³-hybridized carbons (Fsp3) is 0.444. The first-order chi connectivity index (χ1) is 12.0. The van der Waals surface area contributed by atoms with Crippen LogP contribution in [0.25, 0.3) is 0 Å². The smallest absolute Gasteiger partial charge is 0.243 e. The molecule has 1 aromatic heterocycles. The molecule has 6 nitrogen and oxygen atoms in total. The van der Waals surface area contributed by atoms with Crippen LogP contribution < -0.4 is 4.74 Å². The van der Waals surface area contributed by atoms with Crippen LogP contribution in [0.15, 0.2) is 41.3 Å². The Bertz CT molecular complexity index is 796. The van der Waals surface area contributed by atoms with Gasteiger partial charge in [0.15, 0.2) is 0 Å². The van der Waals surface area contributed by atoms with E-state index >= 15 is 0 Å². The summed E-state index contributed by atoms with van der Waals surface area (Å²) in [4.78, 5) is 0.355. The molecule has 1 saturated heterocycles. The van der Waals surface area contributed by atoms with Crippen molar-refractivity contribution in [1.82, 2.24) is 14.5 Å². The summed E-state index contributed by atoms with van der Waals surface area (Å²) in [7, 11) is -3.44. The van der Waals surface area contributed by atoms with E-state index in [1.54, 1.807) is 18.2 Å². The third-order valence-corrected chi connectivity index (χ3v) is 6.34. The molecule has 1 aromatic carbocycles. The number of hydrogen-bond acceptors (Lipinski definition) is 5. The van der Waals surface area contributed by atoms with Crippen molar-refractivity contribution in [3.8, 4) is 5.88 Å². The van der Waals surface area contributed by atoms with Gasteiger partial charge in [0.1, 0.15) is 6.10 Å². The van der Waals surface area contributed by atoms with Crippen LogP contribution in [-0.4, -0.2) is 42.1 Å². The van der Waals surface area contributed by atoms with Gasteiger partial charge >= 0.3 is 0 Å². The monoisotopic (exact) mass is 361 g/mol. The van der Waals surface area contributed by atoms with Crippen LogP contribution >= 0.6 is 0 Å². The van der Waals surface area contributed by atoms with Gasteiger partial charge in [-0.2, -0.15) is 9.40 Å². The molecule has 3 rings (SSSR count). The van der Waals surface area contributed by atoms with Crippen molar-refractivity contribution in [2.75, 3.05) is 13.1 Å². The highest BCUT2D eigenvalue weighted by Gasteiger charge is 2.30. The van der Waals surface area contributed by atoms with Crippen LogP contribution in [0.5, 0.6) is 5.88 Å². The van der Waals surface area contributed by atoms with E-state index in [9.17, 15) is 8.42 Å². The molecule has 0 N–H and O–H groups in total. The summed E-state index contributed by atoms with van der Waals surface area (Å²) in [6, 6.07) is 10.8. The van der Waals surface area contributed by atoms with Crippen molar-refractivity contribution in [2.24, 2.45) is 0 Å². The maximum atomic E-state index is 12.8. The van der Waals surface area contributed by atoms with E-state index in [-0.39, 0.29) is 6.10 Å². The summed E-state index contributed by atoms with van der Waals surface area (Å²) >= 11 is 0. The fourth-order valence-electron chi connectivity index (χ4n) is 2.86. The summed E-state index contributed by atoms with van der Waals surface area (Å²) in [6.45, 7) is 4.81. The van der Waals surface area contributed by atoms with Gasteiger partial charge in [0.05, 0.1) is 10.6 Å². The zero-order valence-electron chi connectivity index (χ0n) is 14.6. The Morgan fingerprint density at radius 1 is 1.08 bits per heavy atom. The van der Waals surface area contributed by atoms with E-state index < -0.39 is 10.0 Å². The second-order valence-corrected chi connectivity index (χ2v) is 8.17. The molecule has 1 fully saturated rings. The summed E-state index contributed by atoms with van der Waals surface area (Å²) in [5.41, 5.74) is 1.97. The third kappa shape index (κ3) is 4.16. The molecule has 0 bridgehead atoms. The number of rotatable bonds is 5. The Morgan fingerprint density at radius 3 is 2.32 bits per heavy atom. The van der Waals surface area contributed by atoms with Gasteiger partial charge in [0.25, 0.3) is 0 Å². The topological polar surface area (TPSA) is 72.4 Å². The molecular formula is C18H23N3O3S. The molecule has 2 aromatic rings. The molecule has 0 amide bonds. The second-order valence-electron chi connectivity index (χ2n) is 6.23. The molecule has 0 radical (unpaired) electrons. The minimum absolute atomic E-state index is 0.0362. The highest BCUT2D eigenvalue weighted by Crippen LogP contribution is 2.23. The Labute approximate surface area is 148 Å². The van der Waals surface area contributed by atoms with Crippen LogP contribution in [0.3, 0.4) is 0 Å². The normalized spacial score (nSPS) is 16.7. The first-order valence-corrected chi connectivity index (χ1v) is 9.99. The van der Waals surface area contributed by atoms with Crippen molar-refractivity contribution in [3.05, 3.63) is 47.7 Å². The van der Waals surface area contributed by atoms with Crippen molar-refractivity contribution in [1.29, 1.82) is 0 Å². The molecule has 2 heterocycles. The minimum atomic E-state index is -3.44. The number of aromatic nitrogens is 2. The largest absolute Gasteiger partial charge is 0.473 e. The van der Waals surface area contributed by atoms with Crippen LogP contribution in [0, 0.1) is 6.92 Å². The maximum absolute atomic E-state index is 12.8. The summed E-state index contributed by atoms with van der Waals surface area (Å²) in [5, 5.41) is 7.97. The summed E-state index contributed by atoms with van der Waals surface area (Å²) in [6.07, 6.45) is 2.14. The zero-order chi connectivity index (χ0) is 17.9. The Morgan fingerprint density at radius 2 is 1.76 bits per heavy atom. The van der Waals surface area contributed by atoms with Gasteiger partial charge in [-0.3, -0.25) is 0 Å². The Kier molecular flexibility index (Phi) is 5.34. The molecule has 25 heavy (non-hydrogen) atoms. The number of sulfonamides is 1. The number of aryl methyl sites for hydroxylation is 2. The lowest BCUT2D eigenvalue weighted by molar-refractivity contribution is 0.128. The molecule has 0 saturated carbocycles. The van der Waals surface area contributed by atoms with Gasteiger partial charge in [0, 0.05) is 19.2 Å². The molecule has 1 aliphatic heterocycles. The predicted octanol–water partition coefficient (Wildman–Crippen LogP) is 2.58. The van der Waals surface area contributed by atoms with Gasteiger partial charge < -0.3 is 4.74 Å². The van der Waals surface area contributed by atoms with Gasteiger partial charge in [-0.1, -0.05) is 19.1 Å². The lowest BCUT2D eigenvalue weighted by atomic mass is 10.1. The number of piperidine rings is 1. The molecule has 0 aliphatic carbocycles. The standard InChI is InChI=1S/C18H23N3O3S/c1-3-15-5-7-17(8-6-15)25(22,23)21-12-10-16(11-13-21)24-18-9-4-14(2)19-20-18/h4-9,16H,3,10-13H2,1-2H3. The Hall–Kier alpha value is -1.99. The predicted molar refractivity (Wildman–Crippen MR) is 95.0 cm³/mol. The van der Waals surface area contributed by atoms with E-state index in [1.165, 1.54) is 4.31 Å². The van der Waals surface area contributed by atoms with Crippen molar-refractivity contribution >= 4 is 10.0 Å². The molecule has 7 heteroatoms. The zero-order valence-corrected chi connectivity index (χ0v) is 15.4. The molecule has 0 spiro atoms. The van der Waals surface area contributed by atoms with Crippen LogP contribution in [0.2, 0.25) is 0 Å². The molecular weight excluding hydrogens is 338 g/mol. The highest BCUT2D eigenvalue weighted by atomic mass is 32.2. The van der Waals surface area contributed by atoms with E-state index in [0.717, 1.165) is 17.7 Å². The van der Waals surface area contributed by atoms with Crippen LogP contribution in [0.1, 0.15) is 31.0 Å². The molecule has 1 aliphatic rings. The first-order valence-electron chi connectivity index (χ1n) is 8.55. The van der Waals surface area contributed by atoms with Crippen LogP contribution in [0.4, 0.5) is 0 Å². The molecule has 0 unspecified atom stereocenters. The van der Waals surface area contributed by atoms with E-state index in [2.05, 4.69) is 10.2 Å². The summed E-state index contributed by atoms with van der Waals surface area (Å²) in [5.74, 6) is 0.488.